The van der Waals surface area contributed by atoms with Crippen LogP contribution in [0.25, 0.3) is 0 Å². The molecule has 4 rings (SSSR count). The number of ether oxygens (including phenoxy) is 1. The number of benzene rings is 2. The minimum atomic E-state index is 0. The van der Waals surface area contributed by atoms with Gasteiger partial charge in [-0.05, 0) is 112 Å². The Hall–Kier alpha value is -1.27. The lowest BCUT2D eigenvalue weighted by Crippen LogP contribution is -2.34. The maximum Gasteiger partial charge on any atom is 0.119 e. The molecule has 2 aliphatic rings. The first-order chi connectivity index (χ1) is 16.1. The second-order valence-corrected chi connectivity index (χ2v) is 9.65. The quantitative estimate of drug-likeness (QED) is 0.380. The number of hydrogen-bond acceptors (Lipinski definition) is 4. The molecule has 6 heteroatoms. The van der Waals surface area contributed by atoms with Gasteiger partial charge in [0.15, 0.2) is 0 Å². The van der Waals surface area contributed by atoms with Crippen LogP contribution in [0.5, 0.6) is 11.5 Å². The van der Waals surface area contributed by atoms with Crippen LogP contribution in [0.2, 0.25) is 0 Å². The molecule has 198 valence electrons. The lowest BCUT2D eigenvalue weighted by Gasteiger charge is -2.32. The van der Waals surface area contributed by atoms with Gasteiger partial charge in [-0.15, -0.1) is 29.4 Å². The van der Waals surface area contributed by atoms with Crippen molar-refractivity contribution in [1.29, 1.82) is 0 Å². The van der Waals surface area contributed by atoms with Crippen LogP contribution in [0.1, 0.15) is 75.3 Å². The van der Waals surface area contributed by atoms with Gasteiger partial charge in [-0.2, -0.15) is 0 Å². The third kappa shape index (κ3) is 10.3. The molecule has 2 fully saturated rings. The monoisotopic (exact) mass is 568 g/mol. The molecule has 1 N–H and O–H groups in total. The third-order valence-corrected chi connectivity index (χ3v) is 7.00. The molecule has 2 unspecified atom stereocenters. The molecule has 4 nitrogen and oxygen atoms in total. The summed E-state index contributed by atoms with van der Waals surface area (Å²) in [6, 6.07) is 16.3. The van der Waals surface area contributed by atoms with Crippen LogP contribution >= 0.6 is 29.4 Å². The highest BCUT2D eigenvalue weighted by atomic mass is 79.9. The van der Waals surface area contributed by atoms with Crippen molar-refractivity contribution in [2.45, 2.75) is 64.2 Å². The van der Waals surface area contributed by atoms with Crippen molar-refractivity contribution in [2.24, 2.45) is 0 Å². The van der Waals surface area contributed by atoms with Crippen molar-refractivity contribution in [2.75, 3.05) is 46.4 Å². The molecule has 2 atom stereocenters. The summed E-state index contributed by atoms with van der Waals surface area (Å²) in [4.78, 5) is 5.13. The number of hydrogen-bond donors (Lipinski definition) is 1. The molecule has 2 heterocycles. The van der Waals surface area contributed by atoms with Gasteiger partial charge in [0.1, 0.15) is 11.5 Å². The summed E-state index contributed by atoms with van der Waals surface area (Å²) in [5.41, 5.74) is 2.73. The molecule has 0 spiro atoms. The number of piperidine rings is 2. The average Bonchev–Trinajstić information content (AvgIpc) is 2.85. The molecule has 0 radical (unpaired) electrons. The maximum absolute atomic E-state index is 9.50. The first-order valence-electron chi connectivity index (χ1n) is 13.0. The molecule has 2 aliphatic heterocycles. The molecule has 0 aliphatic carbocycles. The minimum absolute atomic E-state index is 0. The molecule has 2 aromatic carbocycles. The van der Waals surface area contributed by atoms with E-state index in [0.717, 1.165) is 12.3 Å². The first kappa shape index (κ1) is 31.8. The zero-order valence-corrected chi connectivity index (χ0v) is 24.4. The van der Waals surface area contributed by atoms with E-state index in [2.05, 4.69) is 47.9 Å². The molecule has 35 heavy (non-hydrogen) atoms. The zero-order chi connectivity index (χ0) is 23.5. The van der Waals surface area contributed by atoms with Crippen molar-refractivity contribution in [3.63, 3.8) is 0 Å². The summed E-state index contributed by atoms with van der Waals surface area (Å²) >= 11 is 0. The number of likely N-dealkylation sites (tertiary alicyclic amines) is 2. The summed E-state index contributed by atoms with van der Waals surface area (Å²) in [7, 11) is 1.74. The fourth-order valence-electron chi connectivity index (χ4n) is 5.37. The highest BCUT2D eigenvalue weighted by molar-refractivity contribution is 8.93. The Morgan fingerprint density at radius 3 is 1.83 bits per heavy atom. The largest absolute Gasteiger partial charge is 0.508 e. The molecular formula is C29H46BrClN2O2. The van der Waals surface area contributed by atoms with Crippen molar-refractivity contribution in [3.05, 3.63) is 59.7 Å². The van der Waals surface area contributed by atoms with Crippen LogP contribution in [0, 0.1) is 0 Å². The summed E-state index contributed by atoms with van der Waals surface area (Å²) in [6.45, 7) is 11.8. The van der Waals surface area contributed by atoms with Gasteiger partial charge in [0.2, 0.25) is 0 Å². The van der Waals surface area contributed by atoms with E-state index >= 15 is 0 Å². The normalized spacial score (nSPS) is 20.5. The second-order valence-electron chi connectivity index (χ2n) is 9.65. The Kier molecular flexibility index (Phi) is 15.6. The van der Waals surface area contributed by atoms with E-state index in [-0.39, 0.29) is 29.4 Å². The average molecular weight is 570 g/mol. The van der Waals surface area contributed by atoms with E-state index in [1.165, 1.54) is 82.4 Å². The molecule has 0 bridgehead atoms. The van der Waals surface area contributed by atoms with Gasteiger partial charge in [0.25, 0.3) is 0 Å². The van der Waals surface area contributed by atoms with E-state index in [9.17, 15) is 5.11 Å². The minimum Gasteiger partial charge on any atom is -0.508 e. The molecule has 2 aromatic rings. The van der Waals surface area contributed by atoms with Gasteiger partial charge < -0.3 is 19.6 Å². The fraction of sp³-hybridized carbons (Fsp3) is 0.586. The van der Waals surface area contributed by atoms with Gasteiger partial charge in [-0.25, -0.2) is 0 Å². The smallest absolute Gasteiger partial charge is 0.119 e. The Morgan fingerprint density at radius 2 is 1.34 bits per heavy atom. The number of halogens is 2. The predicted molar refractivity (Wildman–Crippen MR) is 156 cm³/mol. The molecular weight excluding hydrogens is 524 g/mol. The van der Waals surface area contributed by atoms with Gasteiger partial charge in [0.05, 0.1) is 7.11 Å². The van der Waals surface area contributed by atoms with Crippen molar-refractivity contribution in [1.82, 2.24) is 9.80 Å². The van der Waals surface area contributed by atoms with E-state index < -0.39 is 0 Å². The van der Waals surface area contributed by atoms with E-state index in [1.54, 1.807) is 13.2 Å². The van der Waals surface area contributed by atoms with Crippen LogP contribution in [0.3, 0.4) is 0 Å². The summed E-state index contributed by atoms with van der Waals surface area (Å²) in [5.74, 6) is 2.66. The van der Waals surface area contributed by atoms with Crippen LogP contribution in [0.15, 0.2) is 48.5 Å². The second kappa shape index (κ2) is 17.2. The number of methoxy groups -OCH3 is 1. The number of phenolic OH excluding ortho intramolecular Hbond substituents is 1. The summed E-state index contributed by atoms with van der Waals surface area (Å²) < 4.78 is 5.31. The Labute approximate surface area is 230 Å². The fourth-order valence-corrected chi connectivity index (χ4v) is 5.37. The summed E-state index contributed by atoms with van der Waals surface area (Å²) in [6.07, 6.45) is 7.65. The zero-order valence-electron chi connectivity index (χ0n) is 21.8. The molecule has 0 saturated carbocycles. The lowest BCUT2D eigenvalue weighted by atomic mass is 9.90. The van der Waals surface area contributed by atoms with Gasteiger partial charge >= 0.3 is 0 Å². The van der Waals surface area contributed by atoms with E-state index in [4.69, 9.17) is 4.74 Å². The van der Waals surface area contributed by atoms with E-state index in [1.807, 2.05) is 18.2 Å². The molecule has 2 saturated heterocycles. The van der Waals surface area contributed by atoms with Crippen LogP contribution in [0.4, 0.5) is 0 Å². The molecule has 0 amide bonds. The Morgan fingerprint density at radius 1 is 0.829 bits per heavy atom. The van der Waals surface area contributed by atoms with Gasteiger partial charge in [-0.3, -0.25) is 0 Å². The number of rotatable bonds is 7. The van der Waals surface area contributed by atoms with Crippen molar-refractivity contribution < 1.29 is 9.84 Å². The van der Waals surface area contributed by atoms with Gasteiger partial charge in [-0.1, -0.05) is 38.1 Å². The predicted octanol–water partition coefficient (Wildman–Crippen LogP) is 7.27. The van der Waals surface area contributed by atoms with Crippen LogP contribution < -0.4 is 4.74 Å². The first-order valence-corrected chi connectivity index (χ1v) is 13.0. The Balaban J connectivity index is 0.000000332. The summed E-state index contributed by atoms with van der Waals surface area (Å²) in [5, 5.41) is 9.50. The van der Waals surface area contributed by atoms with Gasteiger partial charge in [0, 0.05) is 13.1 Å². The van der Waals surface area contributed by atoms with E-state index in [0.29, 0.717) is 17.6 Å². The lowest BCUT2D eigenvalue weighted by molar-refractivity contribution is 0.208. The number of phenols is 1. The topological polar surface area (TPSA) is 35.9 Å². The highest BCUT2D eigenvalue weighted by Crippen LogP contribution is 2.30. The van der Waals surface area contributed by atoms with Crippen LogP contribution in [-0.4, -0.2) is 61.3 Å². The third-order valence-electron chi connectivity index (χ3n) is 7.00. The highest BCUT2D eigenvalue weighted by Gasteiger charge is 2.21. The standard InChI is InChI=1S/C15H23NO.C14H21NO.BrH.ClH/c1-3-9-16-10-5-7-14(12-16)13-6-4-8-15(11-13)17-2;1-2-8-15-9-4-6-13(11-15)12-5-3-7-14(16)10-12;;/h4,6,8,11,14H,3,5,7,9-10,12H2,1-2H3;3,5,7,10,13,16H,2,4,6,8-9,11H2,1H3;2*1H. The molecule has 0 aromatic heterocycles. The SMILES string of the molecule is Br.CCCN1CCCC(c2cccc(O)c2)C1.CCCN1CCCC(c2cccc(OC)c2)C1.Cl. The Bertz CT molecular complexity index is 834. The maximum atomic E-state index is 9.50. The number of aromatic hydroxyl groups is 1. The number of nitrogens with zero attached hydrogens (tertiary/aromatic N) is 2. The van der Waals surface area contributed by atoms with Crippen molar-refractivity contribution in [3.8, 4) is 11.5 Å². The van der Waals surface area contributed by atoms with Crippen molar-refractivity contribution >= 4 is 29.4 Å². The van der Waals surface area contributed by atoms with Crippen LogP contribution in [-0.2, 0) is 0 Å².